The number of furan rings is 1. The van der Waals surface area contributed by atoms with E-state index in [1.54, 1.807) is 18.2 Å². The molecule has 1 unspecified atom stereocenters. The van der Waals surface area contributed by atoms with Crippen LogP contribution in [0.1, 0.15) is 25.2 Å². The highest BCUT2D eigenvalue weighted by atomic mass is 16.3. The second-order valence-electron chi connectivity index (χ2n) is 3.98. The Balaban J connectivity index is 2.44. The molecule has 1 heterocycles. The van der Waals surface area contributed by atoms with Gasteiger partial charge in [-0.25, -0.2) is 0 Å². The highest BCUT2D eigenvalue weighted by Gasteiger charge is 2.16. The Hall–Kier alpha value is -1.29. The first kappa shape index (κ1) is 12.8. The zero-order valence-corrected chi connectivity index (χ0v) is 10.4. The second-order valence-corrected chi connectivity index (χ2v) is 3.98. The van der Waals surface area contributed by atoms with Crippen molar-refractivity contribution in [3.05, 3.63) is 23.7 Å². The van der Waals surface area contributed by atoms with Gasteiger partial charge in [-0.3, -0.25) is 10.1 Å². The molecule has 1 amide bonds. The van der Waals surface area contributed by atoms with Crippen LogP contribution < -0.4 is 5.32 Å². The van der Waals surface area contributed by atoms with Crippen LogP contribution in [0.5, 0.6) is 0 Å². The Morgan fingerprint density at radius 1 is 1.62 bits per heavy atom. The number of carbonyl (C=O) groups excluding carboxylic acids is 1. The predicted octanol–water partition coefficient (Wildman–Crippen LogP) is 1.54. The van der Waals surface area contributed by atoms with Crippen LogP contribution in [0.15, 0.2) is 16.7 Å². The van der Waals surface area contributed by atoms with Crippen molar-refractivity contribution in [1.29, 1.82) is 0 Å². The van der Waals surface area contributed by atoms with Crippen molar-refractivity contribution >= 4 is 5.91 Å². The van der Waals surface area contributed by atoms with Gasteiger partial charge in [0.25, 0.3) is 0 Å². The van der Waals surface area contributed by atoms with Gasteiger partial charge in [0.15, 0.2) is 0 Å². The Morgan fingerprint density at radius 3 is 2.81 bits per heavy atom. The fraction of sp³-hybridized carbons (Fsp3) is 0.583. The smallest absolute Gasteiger partial charge is 0.239 e. The molecule has 0 aromatic carbocycles. The van der Waals surface area contributed by atoms with Crippen molar-refractivity contribution in [2.24, 2.45) is 0 Å². The van der Waals surface area contributed by atoms with E-state index < -0.39 is 0 Å². The minimum Gasteiger partial charge on any atom is -0.468 e. The van der Waals surface area contributed by atoms with Crippen LogP contribution in [-0.4, -0.2) is 30.4 Å². The molecule has 90 valence electrons. The first-order valence-electron chi connectivity index (χ1n) is 5.57. The molecule has 1 aromatic rings. The van der Waals surface area contributed by atoms with Crippen LogP contribution in [0.3, 0.4) is 0 Å². The topological polar surface area (TPSA) is 45.5 Å². The van der Waals surface area contributed by atoms with Gasteiger partial charge in [-0.05, 0) is 32.4 Å². The average molecular weight is 224 g/mol. The lowest BCUT2D eigenvalue weighted by Crippen LogP contribution is -2.42. The third-order valence-corrected chi connectivity index (χ3v) is 2.76. The largest absolute Gasteiger partial charge is 0.468 e. The monoisotopic (exact) mass is 224 g/mol. The van der Waals surface area contributed by atoms with E-state index in [1.165, 1.54) is 0 Å². The van der Waals surface area contributed by atoms with E-state index in [0.717, 1.165) is 17.9 Å². The van der Waals surface area contributed by atoms with Gasteiger partial charge < -0.3 is 9.32 Å². The molecule has 1 aromatic heterocycles. The number of hydrogen-bond acceptors (Lipinski definition) is 3. The van der Waals surface area contributed by atoms with E-state index in [0.29, 0.717) is 6.54 Å². The molecule has 1 atom stereocenters. The summed E-state index contributed by atoms with van der Waals surface area (Å²) in [6.45, 7) is 7.13. The summed E-state index contributed by atoms with van der Waals surface area (Å²) in [5.41, 5.74) is 1.11. The molecule has 0 aliphatic carbocycles. The predicted molar refractivity (Wildman–Crippen MR) is 63.1 cm³/mol. The summed E-state index contributed by atoms with van der Waals surface area (Å²) in [5.74, 6) is 0.991. The van der Waals surface area contributed by atoms with E-state index >= 15 is 0 Å². The molecule has 16 heavy (non-hydrogen) atoms. The van der Waals surface area contributed by atoms with Crippen LogP contribution in [0.25, 0.3) is 0 Å². The van der Waals surface area contributed by atoms with Crippen molar-refractivity contribution in [2.75, 3.05) is 13.6 Å². The fourth-order valence-corrected chi connectivity index (χ4v) is 1.40. The van der Waals surface area contributed by atoms with Gasteiger partial charge in [-0.2, -0.15) is 0 Å². The Morgan fingerprint density at radius 2 is 2.31 bits per heavy atom. The molecular formula is C12H20N2O2. The summed E-state index contributed by atoms with van der Waals surface area (Å²) in [4.78, 5) is 13.5. The first-order valence-corrected chi connectivity index (χ1v) is 5.57. The first-order chi connectivity index (χ1) is 7.56. The average Bonchev–Trinajstić information content (AvgIpc) is 2.69. The summed E-state index contributed by atoms with van der Waals surface area (Å²) in [7, 11) is 1.80. The molecule has 0 aliphatic heterocycles. The SMILES string of the molecule is CCN(C)C(=O)C(C)NCc1occc1C. The molecule has 4 heteroatoms. The lowest BCUT2D eigenvalue weighted by molar-refractivity contribution is -0.131. The molecular weight excluding hydrogens is 204 g/mol. The Labute approximate surface area is 96.6 Å². The van der Waals surface area contributed by atoms with E-state index in [2.05, 4.69) is 5.32 Å². The van der Waals surface area contributed by atoms with Crippen LogP contribution >= 0.6 is 0 Å². The number of carbonyl (C=O) groups is 1. The Bertz CT molecular complexity index is 347. The number of rotatable bonds is 5. The third kappa shape index (κ3) is 3.10. The maximum atomic E-state index is 11.8. The Kier molecular flexibility index (Phi) is 4.55. The minimum absolute atomic E-state index is 0.103. The summed E-state index contributed by atoms with van der Waals surface area (Å²) in [5, 5.41) is 3.16. The summed E-state index contributed by atoms with van der Waals surface area (Å²) >= 11 is 0. The molecule has 0 radical (unpaired) electrons. The number of likely N-dealkylation sites (N-methyl/N-ethyl adjacent to an activating group) is 1. The lowest BCUT2D eigenvalue weighted by Gasteiger charge is -2.20. The number of nitrogens with one attached hydrogen (secondary N) is 1. The van der Waals surface area contributed by atoms with Gasteiger partial charge in [-0.15, -0.1) is 0 Å². The van der Waals surface area contributed by atoms with Crippen LogP contribution in [0, 0.1) is 6.92 Å². The van der Waals surface area contributed by atoms with E-state index in [4.69, 9.17) is 4.42 Å². The standard InChI is InChI=1S/C12H20N2O2/c1-5-14(4)12(15)10(3)13-8-11-9(2)6-7-16-11/h6-7,10,13H,5,8H2,1-4H3. The van der Waals surface area contributed by atoms with E-state index in [9.17, 15) is 4.79 Å². The van der Waals surface area contributed by atoms with Crippen LogP contribution in [0.2, 0.25) is 0 Å². The van der Waals surface area contributed by atoms with Gasteiger partial charge in [0.1, 0.15) is 5.76 Å². The van der Waals surface area contributed by atoms with Gasteiger partial charge in [-0.1, -0.05) is 0 Å². The molecule has 1 rings (SSSR count). The van der Waals surface area contributed by atoms with Crippen molar-refractivity contribution in [3.8, 4) is 0 Å². The lowest BCUT2D eigenvalue weighted by atomic mass is 10.2. The molecule has 0 saturated heterocycles. The molecule has 0 bridgehead atoms. The molecule has 0 aliphatic rings. The van der Waals surface area contributed by atoms with E-state index in [1.807, 2.05) is 26.8 Å². The summed E-state index contributed by atoms with van der Waals surface area (Å²) in [6, 6.07) is 1.73. The molecule has 0 saturated carbocycles. The fourth-order valence-electron chi connectivity index (χ4n) is 1.40. The zero-order chi connectivity index (χ0) is 12.1. The van der Waals surface area contributed by atoms with Gasteiger partial charge >= 0.3 is 0 Å². The van der Waals surface area contributed by atoms with Crippen LogP contribution in [-0.2, 0) is 11.3 Å². The van der Waals surface area contributed by atoms with Crippen molar-refractivity contribution in [1.82, 2.24) is 10.2 Å². The summed E-state index contributed by atoms with van der Waals surface area (Å²) in [6.07, 6.45) is 1.66. The van der Waals surface area contributed by atoms with E-state index in [-0.39, 0.29) is 11.9 Å². The number of aryl methyl sites for hydroxylation is 1. The zero-order valence-electron chi connectivity index (χ0n) is 10.4. The van der Waals surface area contributed by atoms with Crippen molar-refractivity contribution < 1.29 is 9.21 Å². The maximum Gasteiger partial charge on any atom is 0.239 e. The normalized spacial score (nSPS) is 12.5. The van der Waals surface area contributed by atoms with Crippen LogP contribution in [0.4, 0.5) is 0 Å². The summed E-state index contributed by atoms with van der Waals surface area (Å²) < 4.78 is 5.29. The minimum atomic E-state index is -0.186. The molecule has 4 nitrogen and oxygen atoms in total. The third-order valence-electron chi connectivity index (χ3n) is 2.76. The number of hydrogen-bond donors (Lipinski definition) is 1. The van der Waals surface area contributed by atoms with Gasteiger partial charge in [0.05, 0.1) is 18.8 Å². The molecule has 0 fully saturated rings. The van der Waals surface area contributed by atoms with Crippen molar-refractivity contribution in [2.45, 2.75) is 33.4 Å². The number of amides is 1. The molecule has 1 N–H and O–H groups in total. The molecule has 0 spiro atoms. The second kappa shape index (κ2) is 5.70. The van der Waals surface area contributed by atoms with Crippen molar-refractivity contribution in [3.63, 3.8) is 0 Å². The quantitative estimate of drug-likeness (QED) is 0.825. The van der Waals surface area contributed by atoms with Gasteiger partial charge in [0, 0.05) is 13.6 Å². The van der Waals surface area contributed by atoms with Gasteiger partial charge in [0.2, 0.25) is 5.91 Å². The number of nitrogens with zero attached hydrogens (tertiary/aromatic N) is 1. The highest BCUT2D eigenvalue weighted by Crippen LogP contribution is 2.08. The maximum absolute atomic E-state index is 11.8. The highest BCUT2D eigenvalue weighted by molar-refractivity contribution is 5.81.